The van der Waals surface area contributed by atoms with Crippen LogP contribution < -0.4 is 11.2 Å². The molecule has 4 N–H and O–H groups in total. The highest BCUT2D eigenvalue weighted by molar-refractivity contribution is 6.48. The Hall–Kier alpha value is -2.70. The molecule has 0 spiro atoms. The third-order valence-corrected chi connectivity index (χ3v) is 1.97. The maximum absolute atomic E-state index is 9.38. The van der Waals surface area contributed by atoms with E-state index in [1.165, 1.54) is 12.3 Å². The Morgan fingerprint density at radius 1 is 1.29 bits per heavy atom. The van der Waals surface area contributed by atoms with Crippen molar-refractivity contribution in [1.82, 2.24) is 4.73 Å². The van der Waals surface area contributed by atoms with Crippen LogP contribution in [0.15, 0.2) is 51.7 Å². The summed E-state index contributed by atoms with van der Waals surface area (Å²) in [6.07, 6.45) is 4.50. The van der Waals surface area contributed by atoms with Crippen LogP contribution in [0, 0.1) is 5.41 Å². The number of hydrogen-bond acceptors (Lipinski definition) is 5. The van der Waals surface area contributed by atoms with Crippen molar-refractivity contribution in [2.45, 2.75) is 0 Å². The molecule has 0 atom stereocenters. The summed E-state index contributed by atoms with van der Waals surface area (Å²) < 4.78 is 0.831. The van der Waals surface area contributed by atoms with Crippen LogP contribution in [-0.4, -0.2) is 27.3 Å². The lowest BCUT2D eigenvalue weighted by Gasteiger charge is -2.02. The number of pyridine rings is 1. The molecule has 1 aromatic heterocycles. The summed E-state index contributed by atoms with van der Waals surface area (Å²) >= 11 is 0. The zero-order valence-corrected chi connectivity index (χ0v) is 8.78. The van der Waals surface area contributed by atoms with E-state index in [-0.39, 0.29) is 22.9 Å². The average molecular weight is 230 g/mol. The van der Waals surface area contributed by atoms with Crippen molar-refractivity contribution < 1.29 is 5.21 Å². The second-order valence-corrected chi connectivity index (χ2v) is 3.21. The Balaban J connectivity index is 2.35. The van der Waals surface area contributed by atoms with Gasteiger partial charge in [0.05, 0.1) is 0 Å². The fourth-order valence-electron chi connectivity index (χ4n) is 1.16. The van der Waals surface area contributed by atoms with Crippen LogP contribution in [-0.2, 0) is 0 Å². The zero-order valence-electron chi connectivity index (χ0n) is 8.78. The first-order chi connectivity index (χ1) is 8.16. The van der Waals surface area contributed by atoms with E-state index in [1.807, 2.05) is 0 Å². The van der Waals surface area contributed by atoms with Crippen LogP contribution in [0.1, 0.15) is 0 Å². The summed E-state index contributed by atoms with van der Waals surface area (Å²) in [4.78, 5) is 3.73. The number of nitrogens with two attached hydrogens (primary N) is 1. The van der Waals surface area contributed by atoms with E-state index in [0.717, 1.165) is 4.73 Å². The van der Waals surface area contributed by atoms with E-state index in [9.17, 15) is 5.21 Å². The standard InChI is InChI=1S/C10H10N6O/c11-8-5-4-7(10(12)13-8)14-15-9-3-1-2-6-16(9)17/h1-6,17H,(H3,11,12,13)/b14-7?,15-9+. The average Bonchev–Trinajstić information content (AvgIpc) is 2.30. The summed E-state index contributed by atoms with van der Waals surface area (Å²) in [5.74, 6) is 0.194. The molecule has 7 heteroatoms. The third kappa shape index (κ3) is 2.46. The van der Waals surface area contributed by atoms with Gasteiger partial charge in [-0.05, 0) is 24.3 Å². The summed E-state index contributed by atoms with van der Waals surface area (Å²) in [6, 6.07) is 4.95. The predicted octanol–water partition coefficient (Wildman–Crippen LogP) is -0.114. The molecular formula is C10H10N6O. The molecule has 0 radical (unpaired) electrons. The molecule has 0 saturated heterocycles. The summed E-state index contributed by atoms with van der Waals surface area (Å²) in [5, 5.41) is 24.5. The number of nitrogens with one attached hydrogen (secondary N) is 1. The van der Waals surface area contributed by atoms with Gasteiger partial charge in [0.1, 0.15) is 11.5 Å². The van der Waals surface area contributed by atoms with Gasteiger partial charge in [0.2, 0.25) is 0 Å². The van der Waals surface area contributed by atoms with Crippen molar-refractivity contribution in [2.24, 2.45) is 20.9 Å². The fraction of sp³-hybridized carbons (Fsp3) is 0. The molecule has 2 heterocycles. The maximum Gasteiger partial charge on any atom is 0.189 e. The predicted molar refractivity (Wildman–Crippen MR) is 63.1 cm³/mol. The molecule has 1 aromatic rings. The van der Waals surface area contributed by atoms with Crippen LogP contribution in [0.2, 0.25) is 0 Å². The van der Waals surface area contributed by atoms with Crippen LogP contribution >= 0.6 is 0 Å². The second kappa shape index (κ2) is 4.44. The first-order valence-electron chi connectivity index (χ1n) is 4.76. The van der Waals surface area contributed by atoms with Gasteiger partial charge < -0.3 is 10.9 Å². The van der Waals surface area contributed by atoms with Gasteiger partial charge in [0.25, 0.3) is 0 Å². The van der Waals surface area contributed by atoms with E-state index in [1.54, 1.807) is 24.3 Å². The van der Waals surface area contributed by atoms with Gasteiger partial charge in [0, 0.05) is 6.20 Å². The van der Waals surface area contributed by atoms with Gasteiger partial charge in [-0.25, -0.2) is 4.99 Å². The maximum atomic E-state index is 9.38. The third-order valence-electron chi connectivity index (χ3n) is 1.97. The Labute approximate surface area is 96.4 Å². The fourth-order valence-corrected chi connectivity index (χ4v) is 1.16. The minimum Gasteiger partial charge on any atom is -0.427 e. The molecule has 7 nitrogen and oxygen atoms in total. The van der Waals surface area contributed by atoms with Crippen LogP contribution in [0.3, 0.4) is 0 Å². The number of hydrogen-bond donors (Lipinski definition) is 3. The molecule has 1 aliphatic rings. The molecule has 0 bridgehead atoms. The first-order valence-corrected chi connectivity index (χ1v) is 4.76. The Morgan fingerprint density at radius 2 is 2.12 bits per heavy atom. The molecule has 0 aromatic carbocycles. The Morgan fingerprint density at radius 3 is 2.82 bits per heavy atom. The highest BCUT2D eigenvalue weighted by Crippen LogP contribution is 1.95. The smallest absolute Gasteiger partial charge is 0.189 e. The normalized spacial score (nSPS) is 18.6. The molecule has 0 amide bonds. The van der Waals surface area contributed by atoms with Gasteiger partial charge in [-0.15, -0.1) is 10.2 Å². The van der Waals surface area contributed by atoms with Gasteiger partial charge in [0.15, 0.2) is 11.3 Å². The molecule has 0 aliphatic carbocycles. The monoisotopic (exact) mass is 230 g/mol. The number of aromatic nitrogens is 1. The highest BCUT2D eigenvalue weighted by Gasteiger charge is 2.07. The van der Waals surface area contributed by atoms with E-state index in [0.29, 0.717) is 0 Å². The van der Waals surface area contributed by atoms with Crippen LogP contribution in [0.25, 0.3) is 0 Å². The van der Waals surface area contributed by atoms with Crippen LogP contribution in [0.5, 0.6) is 0 Å². The lowest BCUT2D eigenvalue weighted by atomic mass is 10.2. The van der Waals surface area contributed by atoms with Gasteiger partial charge in [-0.1, -0.05) is 6.07 Å². The molecule has 0 fully saturated rings. The lowest BCUT2D eigenvalue weighted by Crippen LogP contribution is -2.21. The van der Waals surface area contributed by atoms with Gasteiger partial charge >= 0.3 is 0 Å². The molecule has 17 heavy (non-hydrogen) atoms. The number of aliphatic imine (C=N–C) groups is 1. The van der Waals surface area contributed by atoms with E-state index in [2.05, 4.69) is 15.2 Å². The first kappa shape index (κ1) is 10.8. The summed E-state index contributed by atoms with van der Waals surface area (Å²) in [7, 11) is 0. The molecular weight excluding hydrogens is 220 g/mol. The lowest BCUT2D eigenvalue weighted by molar-refractivity contribution is 0.171. The largest absolute Gasteiger partial charge is 0.427 e. The van der Waals surface area contributed by atoms with Crippen molar-refractivity contribution in [2.75, 3.05) is 0 Å². The zero-order chi connectivity index (χ0) is 12.3. The van der Waals surface area contributed by atoms with E-state index >= 15 is 0 Å². The molecule has 1 aliphatic heterocycles. The topological polar surface area (TPSA) is 112 Å². The molecule has 2 rings (SSSR count). The Kier molecular flexibility index (Phi) is 2.82. The van der Waals surface area contributed by atoms with Crippen molar-refractivity contribution >= 4 is 17.4 Å². The van der Waals surface area contributed by atoms with E-state index in [4.69, 9.17) is 11.1 Å². The minimum atomic E-state index is -0.0610. The summed E-state index contributed by atoms with van der Waals surface area (Å²) in [5.41, 5.74) is 5.95. The van der Waals surface area contributed by atoms with Crippen molar-refractivity contribution in [3.63, 3.8) is 0 Å². The number of dihydropyridines is 1. The minimum absolute atomic E-state index is 0.0610. The molecule has 0 unspecified atom stereocenters. The Bertz CT molecular complexity index is 607. The number of rotatable bonds is 1. The second-order valence-electron chi connectivity index (χ2n) is 3.21. The molecule has 86 valence electrons. The molecule has 0 saturated carbocycles. The quantitative estimate of drug-likeness (QED) is 0.461. The van der Waals surface area contributed by atoms with Crippen molar-refractivity contribution in [3.05, 3.63) is 42.0 Å². The highest BCUT2D eigenvalue weighted by atomic mass is 16.5. The number of amidine groups is 2. The van der Waals surface area contributed by atoms with E-state index < -0.39 is 0 Å². The van der Waals surface area contributed by atoms with Crippen LogP contribution in [0.4, 0.5) is 0 Å². The van der Waals surface area contributed by atoms with Crippen molar-refractivity contribution in [3.8, 4) is 0 Å². The summed E-state index contributed by atoms with van der Waals surface area (Å²) in [6.45, 7) is 0. The van der Waals surface area contributed by atoms with Gasteiger partial charge in [-0.3, -0.25) is 5.41 Å². The SMILES string of the molecule is N=C1N=C(N)C=CC1=N/N=c1\ccccn1O. The van der Waals surface area contributed by atoms with Gasteiger partial charge in [-0.2, -0.15) is 4.73 Å². The van der Waals surface area contributed by atoms with Crippen molar-refractivity contribution in [1.29, 1.82) is 5.41 Å². The number of nitrogens with zero attached hydrogens (tertiary/aromatic N) is 4.